The van der Waals surface area contributed by atoms with E-state index in [1.54, 1.807) is 0 Å². The van der Waals surface area contributed by atoms with E-state index in [4.69, 9.17) is 23.7 Å². The molecular formula is C22H46O5. The number of hydrogen-bond donors (Lipinski definition) is 0. The maximum Gasteiger partial charge on any atom is 0.0598 e. The third kappa shape index (κ3) is 25.8. The first-order valence-electron chi connectivity index (χ1n) is 10.7. The van der Waals surface area contributed by atoms with E-state index in [1.165, 1.54) is 0 Å². The molecule has 0 aliphatic carbocycles. The molecule has 0 atom stereocenters. The summed E-state index contributed by atoms with van der Waals surface area (Å²) >= 11 is 0. The van der Waals surface area contributed by atoms with Gasteiger partial charge in [-0.05, 0) is 58.3 Å². The summed E-state index contributed by atoms with van der Waals surface area (Å²) < 4.78 is 28.0. The van der Waals surface area contributed by atoms with Crippen molar-refractivity contribution in [1.82, 2.24) is 0 Å². The average Bonchev–Trinajstić information content (AvgIpc) is 2.55. The summed E-state index contributed by atoms with van der Waals surface area (Å²) in [4.78, 5) is 0. The molecule has 0 heterocycles. The van der Waals surface area contributed by atoms with Crippen molar-refractivity contribution in [2.45, 2.75) is 79.2 Å². The molecule has 0 saturated heterocycles. The highest BCUT2D eigenvalue weighted by atomic mass is 16.5. The molecule has 0 amide bonds. The topological polar surface area (TPSA) is 46.2 Å². The zero-order valence-electron chi connectivity index (χ0n) is 18.9. The Bertz CT molecular complexity index is 277. The van der Waals surface area contributed by atoms with Crippen LogP contribution in [-0.2, 0) is 23.7 Å². The van der Waals surface area contributed by atoms with E-state index in [0.717, 1.165) is 91.6 Å². The molecule has 0 fully saturated rings. The molecule has 27 heavy (non-hydrogen) atoms. The fourth-order valence-electron chi connectivity index (χ4n) is 2.12. The fraction of sp³-hybridized carbons (Fsp3) is 1.00. The lowest BCUT2D eigenvalue weighted by Gasteiger charge is -2.19. The summed E-state index contributed by atoms with van der Waals surface area (Å²) in [6.45, 7) is 19.8. The van der Waals surface area contributed by atoms with Gasteiger partial charge in [0.2, 0.25) is 0 Å². The molecule has 0 aromatic rings. The van der Waals surface area contributed by atoms with E-state index in [0.29, 0.717) is 5.41 Å². The Hall–Kier alpha value is -0.200. The summed E-state index contributed by atoms with van der Waals surface area (Å²) in [6, 6.07) is 0. The number of hydrogen-bond acceptors (Lipinski definition) is 5. The highest BCUT2D eigenvalue weighted by molar-refractivity contribution is 4.60. The first-order chi connectivity index (χ1) is 12.7. The first kappa shape index (κ1) is 26.8. The summed E-state index contributed by atoms with van der Waals surface area (Å²) in [7, 11) is 0. The summed E-state index contributed by atoms with van der Waals surface area (Å²) in [5.74, 6) is 0. The smallest absolute Gasteiger partial charge is 0.0598 e. The second-order valence-electron chi connectivity index (χ2n) is 9.14. The van der Waals surface area contributed by atoms with E-state index >= 15 is 0 Å². The molecule has 0 rings (SSSR count). The van der Waals surface area contributed by atoms with E-state index < -0.39 is 0 Å². The van der Waals surface area contributed by atoms with Gasteiger partial charge in [-0.25, -0.2) is 0 Å². The lowest BCUT2D eigenvalue weighted by molar-refractivity contribution is -0.0150. The molecule has 0 unspecified atom stereocenters. The van der Waals surface area contributed by atoms with Crippen LogP contribution >= 0.6 is 0 Å². The van der Waals surface area contributed by atoms with E-state index in [2.05, 4.69) is 41.5 Å². The Morgan fingerprint density at radius 2 is 0.778 bits per heavy atom. The van der Waals surface area contributed by atoms with E-state index in [9.17, 15) is 0 Å². The Morgan fingerprint density at radius 3 is 1.11 bits per heavy atom. The molecule has 164 valence electrons. The van der Waals surface area contributed by atoms with Gasteiger partial charge in [0.05, 0.1) is 5.60 Å². The second-order valence-corrected chi connectivity index (χ2v) is 9.14. The second kappa shape index (κ2) is 16.7. The molecule has 5 heteroatoms. The average molecular weight is 391 g/mol. The molecule has 0 bridgehead atoms. The van der Waals surface area contributed by atoms with Gasteiger partial charge in [-0.2, -0.15) is 0 Å². The zero-order valence-corrected chi connectivity index (χ0v) is 18.9. The van der Waals surface area contributed by atoms with Crippen LogP contribution < -0.4 is 0 Å². The van der Waals surface area contributed by atoms with Gasteiger partial charge in [0.15, 0.2) is 0 Å². The summed E-state index contributed by atoms with van der Waals surface area (Å²) in [6.07, 6.45) is 4.88. The maximum atomic E-state index is 5.64. The van der Waals surface area contributed by atoms with Crippen molar-refractivity contribution in [1.29, 1.82) is 0 Å². The molecule has 0 saturated carbocycles. The van der Waals surface area contributed by atoms with Crippen LogP contribution in [0.25, 0.3) is 0 Å². The molecule has 5 nitrogen and oxygen atoms in total. The Balaban J connectivity index is 3.07. The summed E-state index contributed by atoms with van der Waals surface area (Å²) in [5, 5.41) is 0. The van der Waals surface area contributed by atoms with Gasteiger partial charge in [0.1, 0.15) is 0 Å². The monoisotopic (exact) mass is 390 g/mol. The van der Waals surface area contributed by atoms with E-state index in [-0.39, 0.29) is 5.60 Å². The first-order valence-corrected chi connectivity index (χ1v) is 10.7. The molecule has 0 aromatic carbocycles. The largest absolute Gasteiger partial charge is 0.381 e. The number of rotatable bonds is 18. The molecule has 0 spiro atoms. The lowest BCUT2D eigenvalue weighted by Crippen LogP contribution is -2.20. The van der Waals surface area contributed by atoms with E-state index in [1.807, 2.05) is 0 Å². The van der Waals surface area contributed by atoms with Crippen LogP contribution in [0, 0.1) is 5.41 Å². The lowest BCUT2D eigenvalue weighted by atomic mass is 9.93. The van der Waals surface area contributed by atoms with Crippen LogP contribution in [0.5, 0.6) is 0 Å². The van der Waals surface area contributed by atoms with Gasteiger partial charge < -0.3 is 23.7 Å². The van der Waals surface area contributed by atoms with Crippen molar-refractivity contribution in [3.05, 3.63) is 0 Å². The standard InChI is InChI=1S/C22H46O5/c1-21(2,3)11-20-26-17-9-16-24-13-7-12-23-14-8-15-25-18-10-19-27-22(4,5)6/h7-20H2,1-6H3. The Kier molecular flexibility index (Phi) is 16.6. The van der Waals surface area contributed by atoms with Crippen LogP contribution in [0.1, 0.15) is 73.6 Å². The highest BCUT2D eigenvalue weighted by Gasteiger charge is 2.09. The minimum absolute atomic E-state index is 0.0581. The Morgan fingerprint density at radius 1 is 0.444 bits per heavy atom. The van der Waals surface area contributed by atoms with Crippen molar-refractivity contribution in [2.24, 2.45) is 5.41 Å². The van der Waals surface area contributed by atoms with Crippen LogP contribution in [-0.4, -0.2) is 65.1 Å². The molecule has 0 aliphatic rings. The van der Waals surface area contributed by atoms with Crippen LogP contribution in [0.3, 0.4) is 0 Å². The van der Waals surface area contributed by atoms with Crippen molar-refractivity contribution in [2.75, 3.05) is 59.5 Å². The molecule has 0 N–H and O–H groups in total. The van der Waals surface area contributed by atoms with Gasteiger partial charge in [-0.1, -0.05) is 20.8 Å². The predicted octanol–water partition coefficient (Wildman–Crippen LogP) is 4.86. The summed E-state index contributed by atoms with van der Waals surface area (Å²) in [5.41, 5.74) is 0.293. The van der Waals surface area contributed by atoms with Gasteiger partial charge in [-0.15, -0.1) is 0 Å². The van der Waals surface area contributed by atoms with Crippen molar-refractivity contribution < 1.29 is 23.7 Å². The molecule has 0 radical (unpaired) electrons. The van der Waals surface area contributed by atoms with Crippen LogP contribution in [0.4, 0.5) is 0 Å². The van der Waals surface area contributed by atoms with Crippen molar-refractivity contribution in [3.63, 3.8) is 0 Å². The van der Waals surface area contributed by atoms with Crippen LogP contribution in [0.15, 0.2) is 0 Å². The zero-order chi connectivity index (χ0) is 20.4. The number of ether oxygens (including phenoxy) is 5. The van der Waals surface area contributed by atoms with Crippen molar-refractivity contribution >= 4 is 0 Å². The normalized spacial score (nSPS) is 12.7. The van der Waals surface area contributed by atoms with Gasteiger partial charge in [-0.3, -0.25) is 0 Å². The molecular weight excluding hydrogens is 344 g/mol. The maximum absolute atomic E-state index is 5.64. The third-order valence-electron chi connectivity index (χ3n) is 3.70. The minimum Gasteiger partial charge on any atom is -0.381 e. The Labute approximate surface area is 168 Å². The third-order valence-corrected chi connectivity index (χ3v) is 3.70. The highest BCUT2D eigenvalue weighted by Crippen LogP contribution is 2.17. The molecule has 0 aliphatic heterocycles. The minimum atomic E-state index is -0.0581. The van der Waals surface area contributed by atoms with Crippen molar-refractivity contribution in [3.8, 4) is 0 Å². The predicted molar refractivity (Wildman–Crippen MR) is 112 cm³/mol. The van der Waals surface area contributed by atoms with Gasteiger partial charge in [0, 0.05) is 59.5 Å². The quantitative estimate of drug-likeness (QED) is 0.313. The molecule has 0 aromatic heterocycles. The SMILES string of the molecule is CC(C)(C)CCOCCCOCCCOCCCOCCCOC(C)(C)C. The van der Waals surface area contributed by atoms with Gasteiger partial charge >= 0.3 is 0 Å². The van der Waals surface area contributed by atoms with Gasteiger partial charge in [0.25, 0.3) is 0 Å². The van der Waals surface area contributed by atoms with Crippen LogP contribution in [0.2, 0.25) is 0 Å². The fourth-order valence-corrected chi connectivity index (χ4v) is 2.12.